The third kappa shape index (κ3) is 2.71. The maximum atomic E-state index is 10.7. The second-order valence-electron chi connectivity index (χ2n) is 3.78. The minimum Gasteiger partial charge on any atom is -0.385 e. The van der Waals surface area contributed by atoms with Gasteiger partial charge < -0.3 is 20.8 Å². The molecule has 0 fully saturated rings. The van der Waals surface area contributed by atoms with E-state index in [0.717, 1.165) is 5.69 Å². The molecular weight excluding hydrogens is 208 g/mol. The van der Waals surface area contributed by atoms with Crippen molar-refractivity contribution in [3.8, 4) is 0 Å². The van der Waals surface area contributed by atoms with Crippen molar-refractivity contribution in [1.82, 2.24) is 0 Å². The SMILES string of the molecule is CN(C)c1cccc(C(O)C(O)C(N)=O)c1. The van der Waals surface area contributed by atoms with Gasteiger partial charge in [-0.2, -0.15) is 0 Å². The highest BCUT2D eigenvalue weighted by Gasteiger charge is 2.23. The molecule has 1 amide bonds. The summed E-state index contributed by atoms with van der Waals surface area (Å²) in [5, 5.41) is 19.0. The molecule has 0 spiro atoms. The van der Waals surface area contributed by atoms with Crippen LogP contribution in [-0.2, 0) is 4.79 Å². The van der Waals surface area contributed by atoms with Gasteiger partial charge in [0, 0.05) is 19.8 Å². The number of carbonyl (C=O) groups is 1. The first kappa shape index (κ1) is 12.5. The number of rotatable bonds is 4. The second-order valence-corrected chi connectivity index (χ2v) is 3.78. The predicted molar refractivity (Wildman–Crippen MR) is 60.9 cm³/mol. The number of nitrogens with zero attached hydrogens (tertiary/aromatic N) is 1. The van der Waals surface area contributed by atoms with Gasteiger partial charge in [0.25, 0.3) is 0 Å². The highest BCUT2D eigenvalue weighted by molar-refractivity contribution is 5.79. The van der Waals surface area contributed by atoms with Gasteiger partial charge in [0.15, 0.2) is 6.10 Å². The number of benzene rings is 1. The van der Waals surface area contributed by atoms with Crippen molar-refractivity contribution in [2.45, 2.75) is 12.2 Å². The highest BCUT2D eigenvalue weighted by atomic mass is 16.3. The van der Waals surface area contributed by atoms with Gasteiger partial charge in [-0.05, 0) is 17.7 Å². The smallest absolute Gasteiger partial charge is 0.249 e. The van der Waals surface area contributed by atoms with E-state index in [9.17, 15) is 15.0 Å². The van der Waals surface area contributed by atoms with E-state index in [1.54, 1.807) is 18.2 Å². The van der Waals surface area contributed by atoms with Crippen LogP contribution >= 0.6 is 0 Å². The molecule has 0 heterocycles. The van der Waals surface area contributed by atoms with E-state index in [2.05, 4.69) is 0 Å². The fourth-order valence-electron chi connectivity index (χ4n) is 1.32. The predicted octanol–water partition coefficient (Wildman–Crippen LogP) is -0.368. The molecule has 0 bridgehead atoms. The Bertz CT molecular complexity index is 379. The third-order valence-electron chi connectivity index (χ3n) is 2.32. The Hall–Kier alpha value is -1.59. The molecule has 4 N–H and O–H groups in total. The number of amides is 1. The van der Waals surface area contributed by atoms with Gasteiger partial charge in [-0.3, -0.25) is 4.79 Å². The summed E-state index contributed by atoms with van der Waals surface area (Å²) in [6.45, 7) is 0. The maximum Gasteiger partial charge on any atom is 0.249 e. The number of aliphatic hydroxyl groups is 2. The standard InChI is InChI=1S/C11H16N2O3/c1-13(2)8-5-3-4-7(6-8)9(14)10(15)11(12)16/h3-6,9-10,14-15H,1-2H3,(H2,12,16). The molecule has 88 valence electrons. The van der Waals surface area contributed by atoms with Crippen LogP contribution in [-0.4, -0.2) is 36.3 Å². The van der Waals surface area contributed by atoms with Gasteiger partial charge in [0.05, 0.1) is 0 Å². The van der Waals surface area contributed by atoms with Crippen LogP contribution in [0.3, 0.4) is 0 Å². The van der Waals surface area contributed by atoms with Crippen molar-refractivity contribution >= 4 is 11.6 Å². The van der Waals surface area contributed by atoms with E-state index >= 15 is 0 Å². The van der Waals surface area contributed by atoms with Crippen LogP contribution in [0, 0.1) is 0 Å². The zero-order valence-corrected chi connectivity index (χ0v) is 9.29. The number of carbonyl (C=O) groups excluding carboxylic acids is 1. The van der Waals surface area contributed by atoms with Crippen LogP contribution in [0.2, 0.25) is 0 Å². The Kier molecular flexibility index (Phi) is 3.87. The van der Waals surface area contributed by atoms with Gasteiger partial charge in [-0.25, -0.2) is 0 Å². The lowest BCUT2D eigenvalue weighted by Crippen LogP contribution is -2.33. The molecule has 5 heteroatoms. The zero-order chi connectivity index (χ0) is 12.3. The van der Waals surface area contributed by atoms with Gasteiger partial charge in [0.1, 0.15) is 6.10 Å². The largest absolute Gasteiger partial charge is 0.385 e. The summed E-state index contributed by atoms with van der Waals surface area (Å²) in [6.07, 6.45) is -2.88. The molecule has 0 aromatic heterocycles. The van der Waals surface area contributed by atoms with Crippen molar-refractivity contribution in [2.24, 2.45) is 5.73 Å². The fourth-order valence-corrected chi connectivity index (χ4v) is 1.32. The molecule has 0 aliphatic rings. The summed E-state index contributed by atoms with van der Waals surface area (Å²) in [4.78, 5) is 12.6. The molecule has 0 aliphatic heterocycles. The van der Waals surface area contributed by atoms with Crippen molar-refractivity contribution in [3.05, 3.63) is 29.8 Å². The molecule has 0 radical (unpaired) electrons. The summed E-state index contributed by atoms with van der Waals surface area (Å²) in [6, 6.07) is 6.91. The van der Waals surface area contributed by atoms with Crippen molar-refractivity contribution in [3.63, 3.8) is 0 Å². The lowest BCUT2D eigenvalue weighted by Gasteiger charge is -2.18. The van der Waals surface area contributed by atoms with Crippen LogP contribution in [0.15, 0.2) is 24.3 Å². The van der Waals surface area contributed by atoms with Crippen LogP contribution < -0.4 is 10.6 Å². The zero-order valence-electron chi connectivity index (χ0n) is 9.29. The molecule has 1 aromatic carbocycles. The summed E-state index contributed by atoms with van der Waals surface area (Å²) in [7, 11) is 3.71. The Morgan fingerprint density at radius 3 is 2.50 bits per heavy atom. The number of nitrogens with two attached hydrogens (primary N) is 1. The van der Waals surface area contributed by atoms with Crippen molar-refractivity contribution < 1.29 is 15.0 Å². The minimum atomic E-state index is -1.59. The molecular formula is C11H16N2O3. The van der Waals surface area contributed by atoms with E-state index in [1.165, 1.54) is 0 Å². The lowest BCUT2D eigenvalue weighted by atomic mass is 10.0. The monoisotopic (exact) mass is 224 g/mol. The molecule has 0 aliphatic carbocycles. The van der Waals surface area contributed by atoms with Crippen LogP contribution in [0.4, 0.5) is 5.69 Å². The number of primary amides is 1. The van der Waals surface area contributed by atoms with Crippen LogP contribution in [0.5, 0.6) is 0 Å². The molecule has 16 heavy (non-hydrogen) atoms. The molecule has 2 unspecified atom stereocenters. The van der Waals surface area contributed by atoms with E-state index < -0.39 is 18.1 Å². The molecule has 2 atom stereocenters. The quantitative estimate of drug-likeness (QED) is 0.651. The molecule has 0 saturated heterocycles. The number of aliphatic hydroxyl groups excluding tert-OH is 2. The molecule has 1 rings (SSSR count). The topological polar surface area (TPSA) is 86.8 Å². The number of hydrogen-bond donors (Lipinski definition) is 3. The van der Waals surface area contributed by atoms with E-state index in [0.29, 0.717) is 5.56 Å². The normalized spacial score (nSPS) is 14.2. The van der Waals surface area contributed by atoms with Crippen molar-refractivity contribution in [1.29, 1.82) is 0 Å². The molecule has 5 nitrogen and oxygen atoms in total. The third-order valence-corrected chi connectivity index (χ3v) is 2.32. The minimum absolute atomic E-state index is 0.456. The van der Waals surface area contributed by atoms with Gasteiger partial charge >= 0.3 is 0 Å². The van der Waals surface area contributed by atoms with E-state index in [1.807, 2.05) is 25.1 Å². The number of hydrogen-bond acceptors (Lipinski definition) is 4. The van der Waals surface area contributed by atoms with E-state index in [4.69, 9.17) is 5.73 Å². The highest BCUT2D eigenvalue weighted by Crippen LogP contribution is 2.21. The van der Waals surface area contributed by atoms with Gasteiger partial charge in [-0.15, -0.1) is 0 Å². The Balaban J connectivity index is 2.95. The first-order chi connectivity index (χ1) is 7.43. The Labute approximate surface area is 94.1 Å². The maximum absolute atomic E-state index is 10.7. The lowest BCUT2D eigenvalue weighted by molar-refractivity contribution is -0.131. The summed E-state index contributed by atoms with van der Waals surface area (Å²) < 4.78 is 0. The Morgan fingerprint density at radius 1 is 1.38 bits per heavy atom. The summed E-state index contributed by atoms with van der Waals surface area (Å²) >= 11 is 0. The Morgan fingerprint density at radius 2 is 2.00 bits per heavy atom. The summed E-state index contributed by atoms with van der Waals surface area (Å²) in [5.74, 6) is -0.942. The fraction of sp³-hybridized carbons (Fsp3) is 0.364. The van der Waals surface area contributed by atoms with Gasteiger partial charge in [-0.1, -0.05) is 12.1 Å². The molecule has 0 saturated carbocycles. The number of anilines is 1. The molecule has 1 aromatic rings. The summed E-state index contributed by atoms with van der Waals surface area (Å²) in [5.41, 5.74) is 6.24. The van der Waals surface area contributed by atoms with Gasteiger partial charge in [0.2, 0.25) is 5.91 Å². The average molecular weight is 224 g/mol. The van der Waals surface area contributed by atoms with Crippen LogP contribution in [0.25, 0.3) is 0 Å². The van der Waals surface area contributed by atoms with E-state index in [-0.39, 0.29) is 0 Å². The van der Waals surface area contributed by atoms with Crippen LogP contribution in [0.1, 0.15) is 11.7 Å². The second kappa shape index (κ2) is 4.96. The van der Waals surface area contributed by atoms with Crippen molar-refractivity contribution in [2.75, 3.05) is 19.0 Å². The average Bonchev–Trinajstić information content (AvgIpc) is 2.27. The first-order valence-electron chi connectivity index (χ1n) is 4.86. The first-order valence-corrected chi connectivity index (χ1v) is 4.86.